The van der Waals surface area contributed by atoms with Crippen LogP contribution in [0.5, 0.6) is 0 Å². The molecule has 1 aromatic rings. The van der Waals surface area contributed by atoms with E-state index in [0.717, 1.165) is 6.42 Å². The molecular weight excluding hydrogens is 206 g/mol. The summed E-state index contributed by atoms with van der Waals surface area (Å²) in [5, 5.41) is 12.2. The molecule has 0 aromatic carbocycles. The molecule has 0 aliphatic heterocycles. The van der Waals surface area contributed by atoms with Gasteiger partial charge in [-0.15, -0.1) is 0 Å². The van der Waals surface area contributed by atoms with Gasteiger partial charge in [0, 0.05) is 12.4 Å². The third-order valence-corrected chi connectivity index (χ3v) is 2.50. The first kappa shape index (κ1) is 12.4. The zero-order chi connectivity index (χ0) is 12.2. The maximum Gasteiger partial charge on any atom is 0.329 e. The van der Waals surface area contributed by atoms with Crippen molar-refractivity contribution in [1.29, 1.82) is 0 Å². The van der Waals surface area contributed by atoms with Gasteiger partial charge in [-0.1, -0.05) is 13.3 Å². The fraction of sp³-hybridized carbons (Fsp3) is 0.545. The Morgan fingerprint density at radius 2 is 2.12 bits per heavy atom. The second kappa shape index (κ2) is 4.92. The predicted octanol–water partition coefficient (Wildman–Crippen LogP) is 1.84. The SMILES string of the molecule is CCCC(C)(Nc1nccnc1C)C(=O)O. The van der Waals surface area contributed by atoms with Crippen molar-refractivity contribution in [2.45, 2.75) is 39.2 Å². The molecule has 1 unspecified atom stereocenters. The summed E-state index contributed by atoms with van der Waals surface area (Å²) in [7, 11) is 0. The molecular formula is C11H17N3O2. The van der Waals surface area contributed by atoms with Crippen LogP contribution in [0.25, 0.3) is 0 Å². The standard InChI is InChI=1S/C11H17N3O2/c1-4-5-11(3,10(15)16)14-9-8(2)12-6-7-13-9/h6-7H,4-5H2,1-3H3,(H,13,14)(H,15,16). The molecule has 1 atom stereocenters. The monoisotopic (exact) mass is 223 g/mol. The zero-order valence-corrected chi connectivity index (χ0v) is 9.82. The minimum atomic E-state index is -0.991. The number of carboxylic acids is 1. The summed E-state index contributed by atoms with van der Waals surface area (Å²) < 4.78 is 0. The molecule has 0 radical (unpaired) electrons. The quantitative estimate of drug-likeness (QED) is 0.796. The Morgan fingerprint density at radius 3 is 2.62 bits per heavy atom. The molecule has 0 saturated carbocycles. The van der Waals surface area contributed by atoms with E-state index in [9.17, 15) is 9.90 Å². The van der Waals surface area contributed by atoms with Crippen molar-refractivity contribution in [3.63, 3.8) is 0 Å². The first-order valence-corrected chi connectivity index (χ1v) is 5.29. The number of rotatable bonds is 5. The highest BCUT2D eigenvalue weighted by atomic mass is 16.4. The van der Waals surface area contributed by atoms with E-state index in [1.165, 1.54) is 0 Å². The molecule has 88 valence electrons. The van der Waals surface area contributed by atoms with Crippen LogP contribution in [0.15, 0.2) is 12.4 Å². The molecule has 1 rings (SSSR count). The fourth-order valence-electron chi connectivity index (χ4n) is 1.51. The third kappa shape index (κ3) is 2.68. The van der Waals surface area contributed by atoms with Gasteiger partial charge in [0.1, 0.15) is 11.4 Å². The predicted molar refractivity (Wildman–Crippen MR) is 61.3 cm³/mol. The summed E-state index contributed by atoms with van der Waals surface area (Å²) in [6.07, 6.45) is 4.45. The van der Waals surface area contributed by atoms with Gasteiger partial charge in [0.05, 0.1) is 5.69 Å². The van der Waals surface area contributed by atoms with Crippen molar-refractivity contribution >= 4 is 11.8 Å². The number of aryl methyl sites for hydroxylation is 1. The van der Waals surface area contributed by atoms with Crippen LogP contribution in [-0.2, 0) is 4.79 Å². The first-order valence-electron chi connectivity index (χ1n) is 5.29. The fourth-order valence-corrected chi connectivity index (χ4v) is 1.51. The van der Waals surface area contributed by atoms with E-state index >= 15 is 0 Å². The van der Waals surface area contributed by atoms with Gasteiger partial charge in [0.2, 0.25) is 0 Å². The lowest BCUT2D eigenvalue weighted by molar-refractivity contribution is -0.142. The molecule has 0 spiro atoms. The van der Waals surface area contributed by atoms with Crippen LogP contribution in [0.3, 0.4) is 0 Å². The molecule has 0 amide bonds. The van der Waals surface area contributed by atoms with Crippen LogP contribution < -0.4 is 5.32 Å². The summed E-state index contributed by atoms with van der Waals surface area (Å²) in [6.45, 7) is 5.41. The molecule has 2 N–H and O–H groups in total. The molecule has 0 bridgehead atoms. The van der Waals surface area contributed by atoms with Gasteiger partial charge in [0.25, 0.3) is 0 Å². The minimum absolute atomic E-state index is 0.529. The Bertz CT molecular complexity index is 381. The summed E-state index contributed by atoms with van der Waals surface area (Å²) in [6, 6.07) is 0. The highest BCUT2D eigenvalue weighted by molar-refractivity contribution is 5.81. The van der Waals surface area contributed by atoms with E-state index in [2.05, 4.69) is 15.3 Å². The Balaban J connectivity index is 2.92. The van der Waals surface area contributed by atoms with Crippen molar-refractivity contribution < 1.29 is 9.90 Å². The minimum Gasteiger partial charge on any atom is -0.480 e. The first-order chi connectivity index (χ1) is 7.49. The van der Waals surface area contributed by atoms with Gasteiger partial charge in [-0.3, -0.25) is 4.98 Å². The van der Waals surface area contributed by atoms with Gasteiger partial charge < -0.3 is 10.4 Å². The van der Waals surface area contributed by atoms with Gasteiger partial charge in [-0.25, -0.2) is 9.78 Å². The van der Waals surface area contributed by atoms with Gasteiger partial charge >= 0.3 is 5.97 Å². The van der Waals surface area contributed by atoms with Crippen molar-refractivity contribution in [2.24, 2.45) is 0 Å². The Kier molecular flexibility index (Phi) is 3.82. The number of carbonyl (C=O) groups is 1. The lowest BCUT2D eigenvalue weighted by Gasteiger charge is -2.26. The smallest absolute Gasteiger partial charge is 0.329 e. The number of hydrogen-bond acceptors (Lipinski definition) is 4. The number of anilines is 1. The van der Waals surface area contributed by atoms with Crippen LogP contribution in [0, 0.1) is 6.92 Å². The highest BCUT2D eigenvalue weighted by Gasteiger charge is 2.32. The summed E-state index contributed by atoms with van der Waals surface area (Å²) in [5.74, 6) is -0.347. The molecule has 0 fully saturated rings. The second-order valence-corrected chi connectivity index (χ2v) is 4.00. The van der Waals surface area contributed by atoms with E-state index < -0.39 is 11.5 Å². The molecule has 0 saturated heterocycles. The van der Waals surface area contributed by atoms with E-state index in [1.54, 1.807) is 26.2 Å². The Hall–Kier alpha value is -1.65. The number of hydrogen-bond donors (Lipinski definition) is 2. The van der Waals surface area contributed by atoms with Crippen LogP contribution in [0.1, 0.15) is 32.4 Å². The average molecular weight is 223 g/mol. The van der Waals surface area contributed by atoms with Crippen molar-refractivity contribution in [1.82, 2.24) is 9.97 Å². The van der Waals surface area contributed by atoms with Crippen molar-refractivity contribution in [2.75, 3.05) is 5.32 Å². The molecule has 5 nitrogen and oxygen atoms in total. The van der Waals surface area contributed by atoms with E-state index in [-0.39, 0.29) is 0 Å². The average Bonchev–Trinajstić information content (AvgIpc) is 2.21. The topological polar surface area (TPSA) is 75.1 Å². The van der Waals surface area contributed by atoms with Gasteiger partial charge in [-0.05, 0) is 20.3 Å². The number of nitrogens with zero attached hydrogens (tertiary/aromatic N) is 2. The zero-order valence-electron chi connectivity index (χ0n) is 9.82. The second-order valence-electron chi connectivity index (χ2n) is 4.00. The lowest BCUT2D eigenvalue weighted by atomic mass is 9.96. The molecule has 5 heteroatoms. The summed E-state index contributed by atoms with van der Waals surface area (Å²) in [5.41, 5.74) is -0.290. The molecule has 1 heterocycles. The normalized spacial score (nSPS) is 14.2. The largest absolute Gasteiger partial charge is 0.480 e. The van der Waals surface area contributed by atoms with Crippen molar-refractivity contribution in [3.05, 3.63) is 18.1 Å². The number of aromatic nitrogens is 2. The molecule has 1 aromatic heterocycles. The summed E-state index contributed by atoms with van der Waals surface area (Å²) >= 11 is 0. The van der Waals surface area contributed by atoms with Crippen LogP contribution in [0.4, 0.5) is 5.82 Å². The van der Waals surface area contributed by atoms with E-state index in [4.69, 9.17) is 0 Å². The maximum absolute atomic E-state index is 11.2. The lowest BCUT2D eigenvalue weighted by Crippen LogP contribution is -2.43. The number of nitrogens with one attached hydrogen (secondary N) is 1. The Morgan fingerprint density at radius 1 is 1.50 bits per heavy atom. The summed E-state index contributed by atoms with van der Waals surface area (Å²) in [4.78, 5) is 19.4. The van der Waals surface area contributed by atoms with Crippen molar-refractivity contribution in [3.8, 4) is 0 Å². The molecule has 16 heavy (non-hydrogen) atoms. The van der Waals surface area contributed by atoms with E-state index in [1.807, 2.05) is 6.92 Å². The highest BCUT2D eigenvalue weighted by Crippen LogP contribution is 2.20. The van der Waals surface area contributed by atoms with Crippen LogP contribution >= 0.6 is 0 Å². The van der Waals surface area contributed by atoms with Crippen LogP contribution in [0.2, 0.25) is 0 Å². The van der Waals surface area contributed by atoms with Gasteiger partial charge in [0.15, 0.2) is 0 Å². The maximum atomic E-state index is 11.2. The number of carboxylic acid groups (broad SMARTS) is 1. The molecule has 0 aliphatic carbocycles. The van der Waals surface area contributed by atoms with Crippen LogP contribution in [-0.4, -0.2) is 26.6 Å². The molecule has 0 aliphatic rings. The Labute approximate surface area is 94.9 Å². The number of aliphatic carboxylic acids is 1. The van der Waals surface area contributed by atoms with Gasteiger partial charge in [-0.2, -0.15) is 0 Å². The third-order valence-electron chi connectivity index (χ3n) is 2.50. The van der Waals surface area contributed by atoms with E-state index in [0.29, 0.717) is 17.9 Å².